The van der Waals surface area contributed by atoms with Crippen LogP contribution in [0.1, 0.15) is 11.1 Å². The monoisotopic (exact) mass is 371 g/mol. The first-order valence-electron chi connectivity index (χ1n) is 8.72. The molecule has 1 heterocycles. The first-order chi connectivity index (χ1) is 12.4. The zero-order valence-corrected chi connectivity index (χ0v) is 16.0. The third-order valence-electron chi connectivity index (χ3n) is 4.37. The summed E-state index contributed by atoms with van der Waals surface area (Å²) in [5.74, 6) is 0.0604. The van der Waals surface area contributed by atoms with Gasteiger partial charge in [-0.25, -0.2) is 8.42 Å². The van der Waals surface area contributed by atoms with Crippen LogP contribution >= 0.6 is 0 Å². The molecule has 6 heteroatoms. The van der Waals surface area contributed by atoms with E-state index in [-0.39, 0.29) is 5.75 Å². The number of nitrogens with zero attached hydrogens (tertiary/aromatic N) is 1. The highest BCUT2D eigenvalue weighted by atomic mass is 32.2. The Kier molecular flexibility index (Phi) is 5.64. The van der Waals surface area contributed by atoms with Crippen molar-refractivity contribution in [3.05, 3.63) is 65.9 Å². The molecule has 1 aromatic heterocycles. The van der Waals surface area contributed by atoms with Crippen molar-refractivity contribution in [2.75, 3.05) is 31.1 Å². The molecule has 0 fully saturated rings. The summed E-state index contributed by atoms with van der Waals surface area (Å²) in [6, 6.07) is 15.1. The number of rotatable bonds is 8. The summed E-state index contributed by atoms with van der Waals surface area (Å²) in [6.45, 7) is 0.979. The second-order valence-electron chi connectivity index (χ2n) is 6.78. The predicted octanol–water partition coefficient (Wildman–Crippen LogP) is 3.26. The Morgan fingerprint density at radius 1 is 1.04 bits per heavy atom. The third-order valence-corrected chi connectivity index (χ3v) is 5.66. The number of likely N-dealkylation sites (N-methyl/N-ethyl adjacent to an activating group) is 1. The van der Waals surface area contributed by atoms with E-state index >= 15 is 0 Å². The first-order valence-corrected chi connectivity index (χ1v) is 10.4. The van der Waals surface area contributed by atoms with Crippen LogP contribution in [0.4, 0.5) is 5.69 Å². The fraction of sp³-hybridized carbons (Fsp3) is 0.300. The lowest BCUT2D eigenvalue weighted by Crippen LogP contribution is -2.18. The maximum absolute atomic E-state index is 12.3. The minimum absolute atomic E-state index is 0.0604. The van der Waals surface area contributed by atoms with Crippen molar-refractivity contribution in [1.29, 1.82) is 0 Å². The first kappa shape index (κ1) is 18.5. The summed E-state index contributed by atoms with van der Waals surface area (Å²) in [4.78, 5) is 5.45. The van der Waals surface area contributed by atoms with Crippen LogP contribution in [0, 0.1) is 0 Å². The highest BCUT2D eigenvalue weighted by Crippen LogP contribution is 2.21. The van der Waals surface area contributed by atoms with E-state index in [1.54, 1.807) is 12.1 Å². The van der Waals surface area contributed by atoms with E-state index in [1.807, 2.05) is 36.5 Å². The van der Waals surface area contributed by atoms with Crippen LogP contribution in [-0.4, -0.2) is 44.7 Å². The Hall–Kier alpha value is -2.31. The predicted molar refractivity (Wildman–Crippen MR) is 108 cm³/mol. The fourth-order valence-electron chi connectivity index (χ4n) is 2.92. The largest absolute Gasteiger partial charge is 0.361 e. The number of H-pyrrole nitrogens is 1. The molecule has 0 spiro atoms. The molecule has 3 aromatic rings. The number of aromatic amines is 1. The molecule has 3 rings (SSSR count). The van der Waals surface area contributed by atoms with Gasteiger partial charge in [0.15, 0.2) is 0 Å². The normalized spacial score (nSPS) is 12.0. The SMILES string of the molecule is CN(C)CCc1c[nH]c2ccc(CCS(=O)(=O)Nc3ccccc3)cc12. The van der Waals surface area contributed by atoms with Gasteiger partial charge in [0.05, 0.1) is 5.75 Å². The molecule has 0 amide bonds. The Morgan fingerprint density at radius 2 is 1.81 bits per heavy atom. The average molecular weight is 372 g/mol. The van der Waals surface area contributed by atoms with Gasteiger partial charge in [0, 0.05) is 29.3 Å². The van der Waals surface area contributed by atoms with E-state index in [0.29, 0.717) is 12.1 Å². The zero-order chi connectivity index (χ0) is 18.6. The summed E-state index contributed by atoms with van der Waals surface area (Å²) in [6.07, 6.45) is 3.49. The molecule has 0 unspecified atom stereocenters. The van der Waals surface area contributed by atoms with Crippen LogP contribution in [0.25, 0.3) is 10.9 Å². The smallest absolute Gasteiger partial charge is 0.233 e. The van der Waals surface area contributed by atoms with E-state index in [4.69, 9.17) is 0 Å². The van der Waals surface area contributed by atoms with Crippen LogP contribution in [0.2, 0.25) is 0 Å². The summed E-state index contributed by atoms with van der Waals surface area (Å²) in [5, 5.41) is 1.18. The fourth-order valence-corrected chi connectivity index (χ4v) is 4.02. The number of fused-ring (bicyclic) bond motifs is 1. The number of anilines is 1. The van der Waals surface area contributed by atoms with Gasteiger partial charge in [-0.3, -0.25) is 4.72 Å². The van der Waals surface area contributed by atoms with Gasteiger partial charge < -0.3 is 9.88 Å². The molecule has 0 atom stereocenters. The molecule has 0 saturated heterocycles. The molecule has 2 aromatic carbocycles. The molecule has 0 aliphatic carbocycles. The van der Waals surface area contributed by atoms with Gasteiger partial charge in [0.2, 0.25) is 10.0 Å². The standard InChI is InChI=1S/C20H25N3O2S/c1-23(2)12-10-17-15-21-20-9-8-16(14-19(17)20)11-13-26(24,25)22-18-6-4-3-5-7-18/h3-9,14-15,21-22H,10-13H2,1-2H3. The van der Waals surface area contributed by atoms with E-state index in [1.165, 1.54) is 10.9 Å². The molecule has 0 bridgehead atoms. The number of aryl methyl sites for hydroxylation is 1. The van der Waals surface area contributed by atoms with Crippen molar-refractivity contribution >= 4 is 26.6 Å². The highest BCUT2D eigenvalue weighted by Gasteiger charge is 2.12. The second-order valence-corrected chi connectivity index (χ2v) is 8.63. The minimum atomic E-state index is -3.37. The van der Waals surface area contributed by atoms with Crippen LogP contribution in [-0.2, 0) is 22.9 Å². The lowest BCUT2D eigenvalue weighted by atomic mass is 10.1. The van der Waals surface area contributed by atoms with Crippen molar-refractivity contribution in [2.45, 2.75) is 12.8 Å². The number of benzene rings is 2. The van der Waals surface area contributed by atoms with E-state index in [9.17, 15) is 8.42 Å². The molecule has 26 heavy (non-hydrogen) atoms. The van der Waals surface area contributed by atoms with Crippen LogP contribution in [0.5, 0.6) is 0 Å². The Balaban J connectivity index is 1.69. The van der Waals surface area contributed by atoms with Gasteiger partial charge in [-0.05, 0) is 62.3 Å². The van der Waals surface area contributed by atoms with Gasteiger partial charge in [-0.15, -0.1) is 0 Å². The highest BCUT2D eigenvalue weighted by molar-refractivity contribution is 7.92. The minimum Gasteiger partial charge on any atom is -0.361 e. The van der Waals surface area contributed by atoms with Crippen molar-refractivity contribution in [3.8, 4) is 0 Å². The van der Waals surface area contributed by atoms with Crippen molar-refractivity contribution in [1.82, 2.24) is 9.88 Å². The Morgan fingerprint density at radius 3 is 2.54 bits per heavy atom. The van der Waals surface area contributed by atoms with Gasteiger partial charge in [0.25, 0.3) is 0 Å². The summed E-state index contributed by atoms with van der Waals surface area (Å²) in [5.41, 5.74) is 3.98. The molecular weight excluding hydrogens is 346 g/mol. The molecule has 0 aliphatic heterocycles. The van der Waals surface area contributed by atoms with Crippen LogP contribution in [0.15, 0.2) is 54.7 Å². The number of para-hydroxylation sites is 1. The van der Waals surface area contributed by atoms with E-state index in [0.717, 1.165) is 24.0 Å². The topological polar surface area (TPSA) is 65.2 Å². The van der Waals surface area contributed by atoms with Crippen molar-refractivity contribution < 1.29 is 8.42 Å². The summed E-state index contributed by atoms with van der Waals surface area (Å²) in [7, 11) is 0.752. The van der Waals surface area contributed by atoms with Gasteiger partial charge in [-0.2, -0.15) is 0 Å². The van der Waals surface area contributed by atoms with Gasteiger partial charge in [0.1, 0.15) is 0 Å². The van der Waals surface area contributed by atoms with Crippen molar-refractivity contribution in [3.63, 3.8) is 0 Å². The average Bonchev–Trinajstić information content (AvgIpc) is 3.01. The number of hydrogen-bond acceptors (Lipinski definition) is 3. The maximum Gasteiger partial charge on any atom is 0.233 e. The van der Waals surface area contributed by atoms with E-state index in [2.05, 4.69) is 34.8 Å². The van der Waals surface area contributed by atoms with Gasteiger partial charge >= 0.3 is 0 Å². The summed E-state index contributed by atoms with van der Waals surface area (Å²) < 4.78 is 27.2. The zero-order valence-electron chi connectivity index (χ0n) is 15.2. The molecule has 138 valence electrons. The van der Waals surface area contributed by atoms with E-state index < -0.39 is 10.0 Å². The van der Waals surface area contributed by atoms with Gasteiger partial charge in [-0.1, -0.05) is 24.3 Å². The second kappa shape index (κ2) is 7.93. The lowest BCUT2D eigenvalue weighted by molar-refractivity contribution is 0.414. The lowest BCUT2D eigenvalue weighted by Gasteiger charge is -2.09. The van der Waals surface area contributed by atoms with Crippen LogP contribution in [0.3, 0.4) is 0 Å². The molecule has 5 nitrogen and oxygen atoms in total. The number of sulfonamides is 1. The molecule has 0 radical (unpaired) electrons. The molecule has 0 aliphatic rings. The number of nitrogens with one attached hydrogen (secondary N) is 2. The molecule has 0 saturated carbocycles. The quantitative estimate of drug-likeness (QED) is 0.639. The Labute approximate surface area is 155 Å². The number of hydrogen-bond donors (Lipinski definition) is 2. The van der Waals surface area contributed by atoms with Crippen LogP contribution < -0.4 is 4.72 Å². The Bertz CT molecular complexity index is 963. The maximum atomic E-state index is 12.3. The number of aromatic nitrogens is 1. The van der Waals surface area contributed by atoms with Crippen molar-refractivity contribution in [2.24, 2.45) is 0 Å². The molecular formula is C20H25N3O2S. The third kappa shape index (κ3) is 4.86. The molecule has 2 N–H and O–H groups in total. The summed E-state index contributed by atoms with van der Waals surface area (Å²) >= 11 is 0.